The number of carbonyl (C=O) groups excluding carboxylic acids is 1. The fraction of sp³-hybridized carbons (Fsp3) is 0.417. The van der Waals surface area contributed by atoms with E-state index in [1.54, 1.807) is 25.1 Å². The molecule has 1 rings (SSSR count). The lowest BCUT2D eigenvalue weighted by Crippen LogP contribution is -2.34. The van der Waals surface area contributed by atoms with Crippen molar-refractivity contribution in [3.63, 3.8) is 0 Å². The maximum atomic E-state index is 11.3. The number of hydrogen-bond acceptors (Lipinski definition) is 3. The fourth-order valence-corrected chi connectivity index (χ4v) is 1.46. The first-order chi connectivity index (χ1) is 7.99. The van der Waals surface area contributed by atoms with Crippen LogP contribution in [0.25, 0.3) is 0 Å². The Labute approximate surface area is 106 Å². The van der Waals surface area contributed by atoms with Gasteiger partial charge in [0.25, 0.3) is 5.91 Å². The van der Waals surface area contributed by atoms with Crippen LogP contribution in [-0.4, -0.2) is 30.3 Å². The van der Waals surface area contributed by atoms with Gasteiger partial charge in [-0.25, -0.2) is 0 Å². The number of carbonyl (C=O) groups is 1. The standard InChI is InChI=1S/C12H16ClNO3/c1-8-5-10(13)3-4-11(8)17-7-12(16)14-6-9(2)15/h3-5,9,15H,6-7H2,1-2H3,(H,14,16)/t9-/m1/s1. The fourth-order valence-electron chi connectivity index (χ4n) is 1.23. The van der Waals surface area contributed by atoms with Gasteiger partial charge >= 0.3 is 0 Å². The summed E-state index contributed by atoms with van der Waals surface area (Å²) in [6.07, 6.45) is -0.559. The van der Waals surface area contributed by atoms with Crippen LogP contribution in [-0.2, 0) is 4.79 Å². The van der Waals surface area contributed by atoms with E-state index in [4.69, 9.17) is 21.4 Å². The minimum absolute atomic E-state index is 0.0742. The van der Waals surface area contributed by atoms with E-state index in [2.05, 4.69) is 5.32 Å². The lowest BCUT2D eigenvalue weighted by Gasteiger charge is -2.10. The molecule has 1 amide bonds. The third kappa shape index (κ3) is 5.06. The molecular formula is C12H16ClNO3. The molecule has 17 heavy (non-hydrogen) atoms. The van der Waals surface area contributed by atoms with Gasteiger partial charge < -0.3 is 15.2 Å². The molecule has 0 radical (unpaired) electrons. The number of ether oxygens (including phenoxy) is 1. The molecule has 0 aliphatic rings. The molecule has 2 N–H and O–H groups in total. The molecule has 0 saturated carbocycles. The second kappa shape index (κ2) is 6.47. The van der Waals surface area contributed by atoms with Gasteiger partial charge in [0.15, 0.2) is 6.61 Å². The van der Waals surface area contributed by atoms with E-state index in [0.717, 1.165) is 5.56 Å². The number of aliphatic hydroxyl groups is 1. The number of aryl methyl sites for hydroxylation is 1. The predicted octanol–water partition coefficient (Wildman–Crippen LogP) is 1.52. The summed E-state index contributed by atoms with van der Waals surface area (Å²) in [5.74, 6) is 0.363. The molecule has 0 spiro atoms. The quantitative estimate of drug-likeness (QED) is 0.841. The average Bonchev–Trinajstić information content (AvgIpc) is 2.25. The van der Waals surface area contributed by atoms with E-state index in [0.29, 0.717) is 10.8 Å². The van der Waals surface area contributed by atoms with E-state index < -0.39 is 6.10 Å². The Morgan fingerprint density at radius 1 is 1.59 bits per heavy atom. The van der Waals surface area contributed by atoms with Crippen LogP contribution in [0.4, 0.5) is 0 Å². The Morgan fingerprint density at radius 2 is 2.29 bits per heavy atom. The van der Waals surface area contributed by atoms with Gasteiger partial charge in [-0.15, -0.1) is 0 Å². The Balaban J connectivity index is 2.42. The molecule has 1 aromatic rings. The molecule has 0 fully saturated rings. The highest BCUT2D eigenvalue weighted by molar-refractivity contribution is 6.30. The Kier molecular flexibility index (Phi) is 5.25. The first-order valence-corrected chi connectivity index (χ1v) is 5.70. The van der Waals surface area contributed by atoms with Crippen molar-refractivity contribution in [2.75, 3.05) is 13.2 Å². The molecule has 94 valence electrons. The summed E-state index contributed by atoms with van der Waals surface area (Å²) in [5.41, 5.74) is 0.876. The summed E-state index contributed by atoms with van der Waals surface area (Å²) in [6, 6.07) is 5.20. The molecule has 0 aromatic heterocycles. The van der Waals surface area contributed by atoms with E-state index in [-0.39, 0.29) is 19.1 Å². The maximum absolute atomic E-state index is 11.3. The predicted molar refractivity (Wildman–Crippen MR) is 66.4 cm³/mol. The Bertz CT molecular complexity index is 393. The smallest absolute Gasteiger partial charge is 0.258 e. The van der Waals surface area contributed by atoms with Crippen molar-refractivity contribution in [1.29, 1.82) is 0 Å². The van der Waals surface area contributed by atoms with Crippen LogP contribution in [0.1, 0.15) is 12.5 Å². The van der Waals surface area contributed by atoms with Crippen LogP contribution in [0.5, 0.6) is 5.75 Å². The third-order valence-electron chi connectivity index (χ3n) is 2.09. The zero-order chi connectivity index (χ0) is 12.8. The number of rotatable bonds is 5. The van der Waals surface area contributed by atoms with E-state index in [1.807, 2.05) is 6.92 Å². The van der Waals surface area contributed by atoms with Gasteiger partial charge in [-0.1, -0.05) is 11.6 Å². The van der Waals surface area contributed by atoms with Crippen molar-refractivity contribution in [2.45, 2.75) is 20.0 Å². The SMILES string of the molecule is Cc1cc(Cl)ccc1OCC(=O)NC[C@@H](C)O. The molecule has 5 heteroatoms. The van der Waals surface area contributed by atoms with Crippen molar-refractivity contribution in [1.82, 2.24) is 5.32 Å². The lowest BCUT2D eigenvalue weighted by atomic mass is 10.2. The topological polar surface area (TPSA) is 58.6 Å². The number of nitrogens with one attached hydrogen (secondary N) is 1. The number of benzene rings is 1. The van der Waals surface area contributed by atoms with Crippen LogP contribution in [0.15, 0.2) is 18.2 Å². The zero-order valence-electron chi connectivity index (χ0n) is 9.87. The van der Waals surface area contributed by atoms with Crippen molar-refractivity contribution < 1.29 is 14.6 Å². The molecule has 0 unspecified atom stereocenters. The van der Waals surface area contributed by atoms with Crippen molar-refractivity contribution in [2.24, 2.45) is 0 Å². The number of amides is 1. The highest BCUT2D eigenvalue weighted by Gasteiger charge is 2.05. The molecular weight excluding hydrogens is 242 g/mol. The number of hydrogen-bond donors (Lipinski definition) is 2. The normalized spacial score (nSPS) is 12.0. The van der Waals surface area contributed by atoms with Crippen molar-refractivity contribution in [3.05, 3.63) is 28.8 Å². The van der Waals surface area contributed by atoms with Gasteiger partial charge in [0, 0.05) is 11.6 Å². The van der Waals surface area contributed by atoms with E-state index in [1.165, 1.54) is 0 Å². The minimum Gasteiger partial charge on any atom is -0.484 e. The number of aliphatic hydroxyl groups excluding tert-OH is 1. The van der Waals surface area contributed by atoms with Gasteiger partial charge in [-0.05, 0) is 37.6 Å². The molecule has 0 aliphatic carbocycles. The number of halogens is 1. The highest BCUT2D eigenvalue weighted by atomic mass is 35.5. The summed E-state index contributed by atoms with van der Waals surface area (Å²) in [5, 5.41) is 12.2. The molecule has 0 bridgehead atoms. The second-order valence-electron chi connectivity index (χ2n) is 3.85. The first kappa shape index (κ1) is 13.8. The Hall–Kier alpha value is -1.26. The summed E-state index contributed by atoms with van der Waals surface area (Å²) >= 11 is 5.80. The first-order valence-electron chi connectivity index (χ1n) is 5.32. The molecule has 0 saturated heterocycles. The molecule has 1 aromatic carbocycles. The van der Waals surface area contributed by atoms with Gasteiger partial charge in [0.05, 0.1) is 6.10 Å². The van der Waals surface area contributed by atoms with Gasteiger partial charge in [-0.3, -0.25) is 4.79 Å². The van der Waals surface area contributed by atoms with Crippen LogP contribution in [0.3, 0.4) is 0 Å². The monoisotopic (exact) mass is 257 g/mol. The highest BCUT2D eigenvalue weighted by Crippen LogP contribution is 2.21. The van der Waals surface area contributed by atoms with Gasteiger partial charge in [-0.2, -0.15) is 0 Å². The maximum Gasteiger partial charge on any atom is 0.258 e. The lowest BCUT2D eigenvalue weighted by molar-refractivity contribution is -0.123. The van der Waals surface area contributed by atoms with Crippen molar-refractivity contribution >= 4 is 17.5 Å². The van der Waals surface area contributed by atoms with Crippen LogP contribution < -0.4 is 10.1 Å². The van der Waals surface area contributed by atoms with Crippen LogP contribution in [0.2, 0.25) is 5.02 Å². The van der Waals surface area contributed by atoms with Crippen LogP contribution >= 0.6 is 11.6 Å². The van der Waals surface area contributed by atoms with Crippen LogP contribution in [0, 0.1) is 6.92 Å². The average molecular weight is 258 g/mol. The summed E-state index contributed by atoms with van der Waals surface area (Å²) < 4.78 is 5.33. The largest absolute Gasteiger partial charge is 0.484 e. The van der Waals surface area contributed by atoms with E-state index >= 15 is 0 Å². The minimum atomic E-state index is -0.559. The second-order valence-corrected chi connectivity index (χ2v) is 4.29. The summed E-state index contributed by atoms with van der Waals surface area (Å²) in [4.78, 5) is 11.3. The van der Waals surface area contributed by atoms with E-state index in [9.17, 15) is 4.79 Å². The summed E-state index contributed by atoms with van der Waals surface area (Å²) in [7, 11) is 0. The van der Waals surface area contributed by atoms with Gasteiger partial charge in [0.1, 0.15) is 5.75 Å². The molecule has 1 atom stereocenters. The van der Waals surface area contributed by atoms with Gasteiger partial charge in [0.2, 0.25) is 0 Å². The third-order valence-corrected chi connectivity index (χ3v) is 2.33. The molecule has 0 aliphatic heterocycles. The zero-order valence-corrected chi connectivity index (χ0v) is 10.6. The Morgan fingerprint density at radius 3 is 2.88 bits per heavy atom. The van der Waals surface area contributed by atoms with Crippen molar-refractivity contribution in [3.8, 4) is 5.75 Å². The summed E-state index contributed by atoms with van der Waals surface area (Å²) in [6.45, 7) is 3.61. The molecule has 4 nitrogen and oxygen atoms in total. The molecule has 0 heterocycles.